The summed E-state index contributed by atoms with van der Waals surface area (Å²) in [5.41, 5.74) is -0.214. The van der Waals surface area contributed by atoms with Crippen molar-refractivity contribution in [2.24, 2.45) is 11.8 Å². The standard InChI is InChI=1S/C16H15N3O7/c1-25-15(21)12-9-4-5-10(20)14(13(12)16(22)26-2)18(9)11-6-3-8(7-17-11)19(23)24/h3-7,9,12-14H,1-2H3. The van der Waals surface area contributed by atoms with Gasteiger partial charge in [-0.1, -0.05) is 6.08 Å². The Morgan fingerprint density at radius 2 is 1.85 bits per heavy atom. The number of hydrogen-bond donors (Lipinski definition) is 0. The summed E-state index contributed by atoms with van der Waals surface area (Å²) in [5, 5.41) is 10.8. The Bertz CT molecular complexity index is 805. The second-order valence-electron chi connectivity index (χ2n) is 5.83. The van der Waals surface area contributed by atoms with E-state index in [9.17, 15) is 24.5 Å². The molecule has 10 nitrogen and oxygen atoms in total. The van der Waals surface area contributed by atoms with Crippen molar-refractivity contribution in [2.75, 3.05) is 19.1 Å². The van der Waals surface area contributed by atoms with Gasteiger partial charge in [0.05, 0.1) is 31.1 Å². The molecular weight excluding hydrogens is 346 g/mol. The molecule has 1 aromatic heterocycles. The normalized spacial score (nSPS) is 26.5. The van der Waals surface area contributed by atoms with E-state index in [1.807, 2.05) is 0 Å². The molecular formula is C16H15N3O7. The molecule has 4 atom stereocenters. The van der Waals surface area contributed by atoms with Crippen LogP contribution in [0.25, 0.3) is 0 Å². The average molecular weight is 361 g/mol. The summed E-state index contributed by atoms with van der Waals surface area (Å²) in [6.45, 7) is 0. The Hall–Kier alpha value is -3.30. The largest absolute Gasteiger partial charge is 0.469 e. The number of aromatic nitrogens is 1. The van der Waals surface area contributed by atoms with Crippen molar-refractivity contribution in [1.82, 2.24) is 4.98 Å². The number of fused-ring (bicyclic) bond motifs is 2. The molecule has 0 saturated carbocycles. The minimum Gasteiger partial charge on any atom is -0.469 e. The Balaban J connectivity index is 2.09. The van der Waals surface area contributed by atoms with Gasteiger partial charge in [0.1, 0.15) is 24.0 Å². The first-order valence-electron chi connectivity index (χ1n) is 7.67. The van der Waals surface area contributed by atoms with Crippen LogP contribution in [0, 0.1) is 22.0 Å². The van der Waals surface area contributed by atoms with Crippen molar-refractivity contribution in [3.63, 3.8) is 0 Å². The lowest BCUT2D eigenvalue weighted by Crippen LogP contribution is -2.46. The molecule has 2 aliphatic rings. The molecule has 0 amide bonds. The number of hydrogen-bond acceptors (Lipinski definition) is 9. The van der Waals surface area contributed by atoms with E-state index in [-0.39, 0.29) is 17.3 Å². The number of ketones is 1. The molecule has 2 bridgehead atoms. The van der Waals surface area contributed by atoms with Gasteiger partial charge < -0.3 is 14.4 Å². The monoisotopic (exact) mass is 361 g/mol. The molecule has 1 aromatic rings. The third-order valence-corrected chi connectivity index (χ3v) is 4.62. The lowest BCUT2D eigenvalue weighted by Gasteiger charge is -2.32. The molecule has 0 aromatic carbocycles. The van der Waals surface area contributed by atoms with Crippen LogP contribution in [0.5, 0.6) is 0 Å². The molecule has 10 heteroatoms. The van der Waals surface area contributed by atoms with Crippen LogP contribution in [0.3, 0.4) is 0 Å². The molecule has 2 aliphatic heterocycles. The molecule has 136 valence electrons. The number of nitrogens with zero attached hydrogens (tertiary/aromatic N) is 3. The molecule has 3 rings (SSSR count). The third-order valence-electron chi connectivity index (χ3n) is 4.62. The first kappa shape index (κ1) is 17.5. The molecule has 0 radical (unpaired) electrons. The quantitative estimate of drug-likeness (QED) is 0.421. The summed E-state index contributed by atoms with van der Waals surface area (Å²) >= 11 is 0. The number of esters is 2. The van der Waals surface area contributed by atoms with Crippen LogP contribution < -0.4 is 4.90 Å². The minimum absolute atomic E-state index is 0.214. The SMILES string of the molecule is COC(=O)C1C(C(=O)OC)C2C(=O)C=CC1N2c1ccc([N+](=O)[O-])cn1. The van der Waals surface area contributed by atoms with E-state index in [1.54, 1.807) is 0 Å². The number of carbonyl (C=O) groups excluding carboxylic acids is 3. The van der Waals surface area contributed by atoms with Gasteiger partial charge in [-0.05, 0) is 12.1 Å². The summed E-state index contributed by atoms with van der Waals surface area (Å²) in [7, 11) is 2.37. The fourth-order valence-corrected chi connectivity index (χ4v) is 3.53. The third kappa shape index (κ3) is 2.59. The molecule has 0 aliphatic carbocycles. The highest BCUT2D eigenvalue weighted by Gasteiger charge is 2.59. The summed E-state index contributed by atoms with van der Waals surface area (Å²) in [4.78, 5) is 52.8. The molecule has 1 fully saturated rings. The van der Waals surface area contributed by atoms with Crippen LogP contribution in [0.4, 0.5) is 11.5 Å². The highest BCUT2D eigenvalue weighted by atomic mass is 16.6. The van der Waals surface area contributed by atoms with E-state index in [4.69, 9.17) is 9.47 Å². The van der Waals surface area contributed by atoms with Crippen LogP contribution in [-0.2, 0) is 23.9 Å². The Morgan fingerprint density at radius 3 is 2.38 bits per heavy atom. The van der Waals surface area contributed by atoms with Gasteiger partial charge >= 0.3 is 11.9 Å². The number of rotatable bonds is 4. The van der Waals surface area contributed by atoms with Gasteiger partial charge in [-0.2, -0.15) is 0 Å². The van der Waals surface area contributed by atoms with E-state index >= 15 is 0 Å². The Kier molecular flexibility index (Phi) is 4.41. The van der Waals surface area contributed by atoms with E-state index in [0.29, 0.717) is 0 Å². The fourth-order valence-electron chi connectivity index (χ4n) is 3.53. The molecule has 26 heavy (non-hydrogen) atoms. The number of nitro groups is 1. The van der Waals surface area contributed by atoms with Gasteiger partial charge in [0.2, 0.25) is 0 Å². The van der Waals surface area contributed by atoms with Crippen molar-refractivity contribution < 1.29 is 28.8 Å². The van der Waals surface area contributed by atoms with E-state index < -0.39 is 40.8 Å². The number of ether oxygens (including phenoxy) is 2. The lowest BCUT2D eigenvalue weighted by molar-refractivity contribution is -0.385. The van der Waals surface area contributed by atoms with Crippen LogP contribution in [-0.4, -0.2) is 53.9 Å². The van der Waals surface area contributed by atoms with E-state index in [0.717, 1.165) is 6.20 Å². The van der Waals surface area contributed by atoms with Crippen LogP contribution in [0.2, 0.25) is 0 Å². The van der Waals surface area contributed by atoms with Gasteiger partial charge in [0, 0.05) is 6.07 Å². The molecule has 1 saturated heterocycles. The van der Waals surface area contributed by atoms with Crippen LogP contribution in [0.15, 0.2) is 30.5 Å². The summed E-state index contributed by atoms with van der Waals surface area (Å²) < 4.78 is 9.60. The Labute approximate surface area is 147 Å². The van der Waals surface area contributed by atoms with Crippen molar-refractivity contribution >= 4 is 29.2 Å². The lowest BCUT2D eigenvalue weighted by atomic mass is 9.87. The fraction of sp³-hybridized carbons (Fsp3) is 0.375. The molecule has 0 spiro atoms. The number of pyridine rings is 1. The topological polar surface area (TPSA) is 129 Å². The van der Waals surface area contributed by atoms with Gasteiger partial charge in [-0.3, -0.25) is 24.5 Å². The highest BCUT2D eigenvalue weighted by Crippen LogP contribution is 2.43. The van der Waals surface area contributed by atoms with Gasteiger partial charge in [-0.25, -0.2) is 4.98 Å². The van der Waals surface area contributed by atoms with Crippen molar-refractivity contribution in [3.8, 4) is 0 Å². The highest BCUT2D eigenvalue weighted by molar-refractivity contribution is 6.04. The molecule has 4 unspecified atom stereocenters. The van der Waals surface area contributed by atoms with E-state index in [2.05, 4.69) is 4.98 Å². The summed E-state index contributed by atoms with van der Waals surface area (Å²) in [6.07, 6.45) is 3.88. The first-order chi connectivity index (χ1) is 12.4. The van der Waals surface area contributed by atoms with Crippen molar-refractivity contribution in [2.45, 2.75) is 12.1 Å². The minimum atomic E-state index is -1.07. The van der Waals surface area contributed by atoms with E-state index in [1.165, 1.54) is 43.4 Å². The first-order valence-corrected chi connectivity index (χ1v) is 7.67. The maximum Gasteiger partial charge on any atom is 0.312 e. The number of carbonyl (C=O) groups is 3. The van der Waals surface area contributed by atoms with Gasteiger partial charge in [-0.15, -0.1) is 0 Å². The maximum atomic E-state index is 12.5. The average Bonchev–Trinajstić information content (AvgIpc) is 2.92. The number of anilines is 1. The van der Waals surface area contributed by atoms with Crippen LogP contribution >= 0.6 is 0 Å². The second-order valence-corrected chi connectivity index (χ2v) is 5.83. The molecule has 3 heterocycles. The summed E-state index contributed by atoms with van der Waals surface area (Å²) in [5.74, 6) is -3.54. The second kappa shape index (κ2) is 6.54. The maximum absolute atomic E-state index is 12.5. The smallest absolute Gasteiger partial charge is 0.312 e. The zero-order chi connectivity index (χ0) is 19.0. The molecule has 0 N–H and O–H groups in total. The van der Waals surface area contributed by atoms with Crippen molar-refractivity contribution in [3.05, 3.63) is 40.6 Å². The zero-order valence-corrected chi connectivity index (χ0v) is 13.9. The Morgan fingerprint density at radius 1 is 1.19 bits per heavy atom. The predicted molar refractivity (Wildman–Crippen MR) is 86.1 cm³/mol. The number of methoxy groups -OCH3 is 2. The van der Waals surface area contributed by atoms with Gasteiger partial charge in [0.15, 0.2) is 5.78 Å². The van der Waals surface area contributed by atoms with Crippen molar-refractivity contribution in [1.29, 1.82) is 0 Å². The summed E-state index contributed by atoms with van der Waals surface area (Å²) in [6, 6.07) is 0.947. The zero-order valence-electron chi connectivity index (χ0n) is 13.9. The predicted octanol–water partition coefficient (Wildman–Crippen LogP) is 0.264. The van der Waals surface area contributed by atoms with Gasteiger partial charge in [0.25, 0.3) is 5.69 Å². The van der Waals surface area contributed by atoms with Crippen LogP contribution in [0.1, 0.15) is 0 Å².